The molecular formula is C16H11BrFN3O3. The molecule has 0 saturated carbocycles. The highest BCUT2D eigenvalue weighted by Gasteiger charge is 2.12. The van der Waals surface area contributed by atoms with Crippen LogP contribution < -0.4 is 10.1 Å². The number of anilines is 1. The molecule has 0 radical (unpaired) electrons. The molecule has 0 spiro atoms. The van der Waals surface area contributed by atoms with Crippen molar-refractivity contribution in [3.05, 3.63) is 58.8 Å². The van der Waals surface area contributed by atoms with Gasteiger partial charge in [-0.1, -0.05) is 27.1 Å². The summed E-state index contributed by atoms with van der Waals surface area (Å²) in [7, 11) is 0. The maximum absolute atomic E-state index is 12.8. The number of nitrogens with zero attached hydrogens (tertiary/aromatic N) is 2. The molecule has 3 aromatic rings. The van der Waals surface area contributed by atoms with Crippen molar-refractivity contribution in [1.82, 2.24) is 10.2 Å². The minimum Gasteiger partial charge on any atom is -0.484 e. The van der Waals surface area contributed by atoms with E-state index >= 15 is 0 Å². The van der Waals surface area contributed by atoms with Gasteiger partial charge in [0, 0.05) is 10.0 Å². The van der Waals surface area contributed by atoms with Gasteiger partial charge < -0.3 is 9.15 Å². The van der Waals surface area contributed by atoms with Crippen LogP contribution in [0.15, 0.2) is 57.4 Å². The van der Waals surface area contributed by atoms with Gasteiger partial charge in [0.25, 0.3) is 5.91 Å². The van der Waals surface area contributed by atoms with Crippen LogP contribution in [-0.4, -0.2) is 22.7 Å². The van der Waals surface area contributed by atoms with Gasteiger partial charge in [0.1, 0.15) is 11.6 Å². The predicted molar refractivity (Wildman–Crippen MR) is 88.0 cm³/mol. The summed E-state index contributed by atoms with van der Waals surface area (Å²) < 4.78 is 24.3. The van der Waals surface area contributed by atoms with E-state index in [0.29, 0.717) is 5.75 Å². The minimum absolute atomic E-state index is 0.0299. The monoisotopic (exact) mass is 391 g/mol. The Morgan fingerprint density at radius 3 is 2.75 bits per heavy atom. The maximum atomic E-state index is 12.8. The highest BCUT2D eigenvalue weighted by atomic mass is 79.9. The highest BCUT2D eigenvalue weighted by molar-refractivity contribution is 9.10. The SMILES string of the molecule is O=C(COc1ccc(F)cc1)Nc1nnc(-c2cccc(Br)c2)o1. The molecule has 24 heavy (non-hydrogen) atoms. The van der Waals surface area contributed by atoms with Crippen molar-refractivity contribution in [2.75, 3.05) is 11.9 Å². The standard InChI is InChI=1S/C16H11BrFN3O3/c17-11-3-1-2-10(8-11)15-20-21-16(24-15)19-14(22)9-23-13-6-4-12(18)5-7-13/h1-8H,9H2,(H,19,21,22). The average Bonchev–Trinajstić information content (AvgIpc) is 3.03. The molecule has 2 aromatic carbocycles. The first-order valence-corrected chi connectivity index (χ1v) is 7.67. The first-order chi connectivity index (χ1) is 11.6. The Labute approximate surface area is 144 Å². The number of aromatic nitrogens is 2. The molecule has 8 heteroatoms. The van der Waals surface area contributed by atoms with E-state index in [1.807, 2.05) is 24.3 Å². The first-order valence-electron chi connectivity index (χ1n) is 6.88. The molecule has 0 aliphatic carbocycles. The number of nitrogens with one attached hydrogen (secondary N) is 1. The Morgan fingerprint density at radius 2 is 2.00 bits per heavy atom. The smallest absolute Gasteiger partial charge is 0.322 e. The number of amides is 1. The number of rotatable bonds is 5. The third-order valence-corrected chi connectivity index (χ3v) is 3.42. The molecule has 0 bridgehead atoms. The zero-order valence-corrected chi connectivity index (χ0v) is 13.8. The van der Waals surface area contributed by atoms with Crippen molar-refractivity contribution in [3.8, 4) is 17.2 Å². The van der Waals surface area contributed by atoms with Crippen LogP contribution in [0.1, 0.15) is 0 Å². The van der Waals surface area contributed by atoms with Gasteiger partial charge in [0.15, 0.2) is 6.61 Å². The number of carbonyl (C=O) groups excluding carboxylic acids is 1. The van der Waals surface area contributed by atoms with E-state index in [-0.39, 0.29) is 24.3 Å². The second-order valence-electron chi connectivity index (χ2n) is 4.71. The molecule has 0 aliphatic rings. The number of ether oxygens (including phenoxy) is 1. The Bertz CT molecular complexity index is 852. The summed E-state index contributed by atoms with van der Waals surface area (Å²) in [5.74, 6) is -0.181. The molecule has 6 nitrogen and oxygen atoms in total. The molecule has 3 rings (SSSR count). The van der Waals surface area contributed by atoms with E-state index in [9.17, 15) is 9.18 Å². The van der Waals surface area contributed by atoms with Gasteiger partial charge in [-0.15, -0.1) is 5.10 Å². The Morgan fingerprint density at radius 1 is 1.21 bits per heavy atom. The van der Waals surface area contributed by atoms with Crippen molar-refractivity contribution in [2.24, 2.45) is 0 Å². The molecular weight excluding hydrogens is 381 g/mol. The first kappa shape index (κ1) is 16.1. The lowest BCUT2D eigenvalue weighted by molar-refractivity contribution is -0.118. The van der Waals surface area contributed by atoms with E-state index in [4.69, 9.17) is 9.15 Å². The van der Waals surface area contributed by atoms with E-state index in [0.717, 1.165) is 10.0 Å². The Balaban J connectivity index is 1.58. The van der Waals surface area contributed by atoms with Gasteiger partial charge in [0.05, 0.1) is 0 Å². The van der Waals surface area contributed by atoms with Gasteiger partial charge in [0.2, 0.25) is 5.89 Å². The summed E-state index contributed by atoms with van der Waals surface area (Å²) in [5, 5.41) is 10.1. The van der Waals surface area contributed by atoms with E-state index in [1.54, 1.807) is 0 Å². The zero-order valence-electron chi connectivity index (χ0n) is 12.2. The fourth-order valence-electron chi connectivity index (χ4n) is 1.85. The molecule has 1 amide bonds. The predicted octanol–water partition coefficient (Wildman–Crippen LogP) is 3.66. The number of hydrogen-bond acceptors (Lipinski definition) is 5. The molecule has 1 aromatic heterocycles. The van der Waals surface area contributed by atoms with Crippen molar-refractivity contribution in [2.45, 2.75) is 0 Å². The molecule has 0 atom stereocenters. The number of benzene rings is 2. The lowest BCUT2D eigenvalue weighted by Crippen LogP contribution is -2.20. The van der Waals surface area contributed by atoms with Crippen LogP contribution >= 0.6 is 15.9 Å². The molecule has 1 N–H and O–H groups in total. The van der Waals surface area contributed by atoms with E-state index < -0.39 is 5.91 Å². The largest absolute Gasteiger partial charge is 0.484 e. The summed E-state index contributed by atoms with van der Waals surface area (Å²) in [6.45, 7) is -0.264. The molecule has 122 valence electrons. The summed E-state index contributed by atoms with van der Waals surface area (Å²) in [6, 6.07) is 12.6. The van der Waals surface area contributed by atoms with Crippen molar-refractivity contribution in [3.63, 3.8) is 0 Å². The maximum Gasteiger partial charge on any atom is 0.322 e. The van der Waals surface area contributed by atoms with E-state index in [2.05, 4.69) is 31.4 Å². The van der Waals surface area contributed by atoms with E-state index in [1.165, 1.54) is 24.3 Å². The quantitative estimate of drug-likeness (QED) is 0.717. The normalized spacial score (nSPS) is 10.4. The van der Waals surface area contributed by atoms with Crippen LogP contribution in [0.5, 0.6) is 5.75 Å². The van der Waals surface area contributed by atoms with Crippen LogP contribution in [0.4, 0.5) is 10.4 Å². The van der Waals surface area contributed by atoms with Crippen molar-refractivity contribution in [1.29, 1.82) is 0 Å². The zero-order chi connectivity index (χ0) is 16.9. The third kappa shape index (κ3) is 4.17. The summed E-state index contributed by atoms with van der Waals surface area (Å²) in [6.07, 6.45) is 0. The van der Waals surface area contributed by atoms with Gasteiger partial charge in [-0.25, -0.2) is 4.39 Å². The Kier molecular flexibility index (Phi) is 4.85. The second-order valence-corrected chi connectivity index (χ2v) is 5.63. The fraction of sp³-hybridized carbons (Fsp3) is 0.0625. The van der Waals surface area contributed by atoms with Crippen LogP contribution in [0.2, 0.25) is 0 Å². The molecule has 0 fully saturated rings. The number of carbonyl (C=O) groups is 1. The van der Waals surface area contributed by atoms with Gasteiger partial charge >= 0.3 is 6.01 Å². The van der Waals surface area contributed by atoms with Crippen LogP contribution in [-0.2, 0) is 4.79 Å². The lowest BCUT2D eigenvalue weighted by Gasteiger charge is -2.04. The second kappa shape index (κ2) is 7.22. The van der Waals surface area contributed by atoms with Gasteiger partial charge in [-0.2, -0.15) is 0 Å². The third-order valence-electron chi connectivity index (χ3n) is 2.93. The summed E-state index contributed by atoms with van der Waals surface area (Å²) in [5.41, 5.74) is 0.722. The summed E-state index contributed by atoms with van der Waals surface area (Å²) in [4.78, 5) is 11.8. The summed E-state index contributed by atoms with van der Waals surface area (Å²) >= 11 is 3.35. The molecule has 0 aliphatic heterocycles. The number of halogens is 2. The lowest BCUT2D eigenvalue weighted by atomic mass is 10.2. The minimum atomic E-state index is -0.469. The van der Waals surface area contributed by atoms with Crippen LogP contribution in [0, 0.1) is 5.82 Å². The molecule has 0 saturated heterocycles. The average molecular weight is 392 g/mol. The van der Waals surface area contributed by atoms with Gasteiger partial charge in [-0.05, 0) is 42.5 Å². The highest BCUT2D eigenvalue weighted by Crippen LogP contribution is 2.23. The van der Waals surface area contributed by atoms with Crippen LogP contribution in [0.25, 0.3) is 11.5 Å². The molecule has 1 heterocycles. The van der Waals surface area contributed by atoms with Gasteiger partial charge in [-0.3, -0.25) is 10.1 Å². The van der Waals surface area contributed by atoms with Crippen molar-refractivity contribution < 1.29 is 18.3 Å². The number of hydrogen-bond donors (Lipinski definition) is 1. The van der Waals surface area contributed by atoms with Crippen molar-refractivity contribution >= 4 is 27.9 Å². The Hall–Kier alpha value is -2.74. The fourth-order valence-corrected chi connectivity index (χ4v) is 2.25. The topological polar surface area (TPSA) is 77.2 Å². The molecule has 0 unspecified atom stereocenters. The van der Waals surface area contributed by atoms with Crippen LogP contribution in [0.3, 0.4) is 0 Å².